The third-order valence-corrected chi connectivity index (χ3v) is 5.04. The fraction of sp³-hybridized carbons (Fsp3) is 0.619. The molecule has 2 amide bonds. The van der Waals surface area contributed by atoms with Crippen LogP contribution in [-0.2, 0) is 25.5 Å². The minimum atomic E-state index is -1.27. The number of carboxylic acid groups (broad SMARTS) is 1. The number of carbonyl (C=O) groups excluding carboxylic acids is 3. The molecular formula is C21H32N5NaO8S. The van der Waals surface area contributed by atoms with E-state index in [9.17, 15) is 29.4 Å². The molecule has 196 valence electrons. The largest absolute Gasteiger partial charge is 1.00 e. The number of aliphatic imine (C=N–C) groups is 1. The number of alkyl carbamates (subject to hydrolysis) is 1. The van der Waals surface area contributed by atoms with Crippen LogP contribution in [0, 0.1) is 0 Å². The number of hydrogen-bond acceptors (Lipinski definition) is 10. The van der Waals surface area contributed by atoms with Crippen LogP contribution in [0.1, 0.15) is 45.7 Å². The van der Waals surface area contributed by atoms with Gasteiger partial charge < -0.3 is 35.3 Å². The molecule has 0 saturated heterocycles. The molecule has 4 N–H and O–H groups in total. The van der Waals surface area contributed by atoms with Gasteiger partial charge in [0.1, 0.15) is 17.7 Å². The van der Waals surface area contributed by atoms with Gasteiger partial charge in [-0.05, 0) is 57.7 Å². The van der Waals surface area contributed by atoms with Gasteiger partial charge in [0.05, 0.1) is 13.4 Å². The number of unbranched alkanes of at least 4 members (excludes halogenated alkanes) is 1. The summed E-state index contributed by atoms with van der Waals surface area (Å²) in [5, 5.41) is 26.0. The Hall–Kier alpha value is -2.29. The predicted molar refractivity (Wildman–Crippen MR) is 126 cm³/mol. The van der Waals surface area contributed by atoms with Gasteiger partial charge in [-0.25, -0.2) is 19.4 Å². The van der Waals surface area contributed by atoms with Crippen LogP contribution in [0.15, 0.2) is 17.5 Å². The molecule has 2 atom stereocenters. The molecular weight excluding hydrogens is 505 g/mol. The molecule has 36 heavy (non-hydrogen) atoms. The normalized spacial score (nSPS) is 13.1. The van der Waals surface area contributed by atoms with Crippen molar-refractivity contribution in [2.24, 2.45) is 4.99 Å². The first-order valence-corrected chi connectivity index (χ1v) is 11.8. The van der Waals surface area contributed by atoms with Crippen molar-refractivity contribution in [1.82, 2.24) is 20.6 Å². The fourth-order valence-electron chi connectivity index (χ4n) is 2.70. The Labute approximate surface area is 235 Å². The van der Waals surface area contributed by atoms with Gasteiger partial charge in [0.25, 0.3) is 0 Å². The van der Waals surface area contributed by atoms with Crippen molar-refractivity contribution in [3.05, 3.63) is 18.2 Å². The third kappa shape index (κ3) is 15.0. The first-order chi connectivity index (χ1) is 16.4. The van der Waals surface area contributed by atoms with Crippen LogP contribution < -0.4 is 45.3 Å². The van der Waals surface area contributed by atoms with Crippen molar-refractivity contribution in [2.45, 2.75) is 64.1 Å². The number of aromatic amines is 1. The summed E-state index contributed by atoms with van der Waals surface area (Å²) in [4.78, 5) is 57.8. The van der Waals surface area contributed by atoms with Gasteiger partial charge in [0.15, 0.2) is 0 Å². The van der Waals surface area contributed by atoms with Crippen LogP contribution >= 0.6 is 11.8 Å². The monoisotopic (exact) mass is 537 g/mol. The summed E-state index contributed by atoms with van der Waals surface area (Å²) in [7, 11) is 1.17. The average Bonchev–Trinajstić information content (AvgIpc) is 3.27. The molecule has 1 aromatic heterocycles. The van der Waals surface area contributed by atoms with E-state index in [4.69, 9.17) is 4.74 Å². The van der Waals surface area contributed by atoms with E-state index < -0.39 is 46.9 Å². The predicted octanol–water partition coefficient (Wildman–Crippen LogP) is -2.15. The molecule has 0 bridgehead atoms. The van der Waals surface area contributed by atoms with E-state index in [1.165, 1.54) is 19.6 Å². The summed E-state index contributed by atoms with van der Waals surface area (Å²) in [6, 6.07) is -2.44. The van der Waals surface area contributed by atoms with Crippen molar-refractivity contribution in [3.8, 4) is 0 Å². The van der Waals surface area contributed by atoms with E-state index in [0.717, 1.165) is 0 Å². The standard InChI is InChI=1S/C21H33N5O8S.Na/c1-21(2,3)34-19(31)23-8-6-5-7-14(25-16(27)11-35-20(32)33-4)17(28)26-15(18(29)30)9-13-10-22-12-24-13;/h10,12,14-15H,5-9,11H2,1-4H3,(H,22,24)(H,23,31)(H,25,27)(H,26,28)(H,29,30);/q;+1/p-1. The molecule has 0 fully saturated rings. The zero-order valence-electron chi connectivity index (χ0n) is 21.2. The maximum Gasteiger partial charge on any atom is 1.00 e. The minimum absolute atomic E-state index is 0. The summed E-state index contributed by atoms with van der Waals surface area (Å²) in [5.41, 5.74) is -0.129. The molecule has 0 aliphatic heterocycles. The van der Waals surface area contributed by atoms with Crippen LogP contribution in [0.25, 0.3) is 0 Å². The van der Waals surface area contributed by atoms with Crippen molar-refractivity contribution in [1.29, 1.82) is 0 Å². The number of methoxy groups -OCH3 is 1. The second-order valence-corrected chi connectivity index (χ2v) is 9.30. The topological polar surface area (TPSA) is 195 Å². The number of carboxylic acids is 1. The summed E-state index contributed by atoms with van der Waals surface area (Å²) in [6.45, 7) is 5.49. The summed E-state index contributed by atoms with van der Waals surface area (Å²) >= 11 is 0.597. The zero-order valence-corrected chi connectivity index (χ0v) is 24.0. The molecule has 2 unspecified atom stereocenters. The molecule has 0 aliphatic carbocycles. The van der Waals surface area contributed by atoms with Crippen LogP contribution in [-0.4, -0.2) is 81.3 Å². The number of H-pyrrole nitrogens is 1. The molecule has 1 aromatic rings. The Bertz CT molecular complexity index is 876. The number of ether oxygens (including phenoxy) is 2. The molecule has 0 radical (unpaired) electrons. The van der Waals surface area contributed by atoms with Gasteiger partial charge in [-0.3, -0.25) is 9.79 Å². The maximum absolute atomic E-state index is 12.8. The Balaban J connectivity index is 0.0000122. The van der Waals surface area contributed by atoms with Gasteiger partial charge in [-0.1, -0.05) is 0 Å². The summed E-state index contributed by atoms with van der Waals surface area (Å²) < 4.78 is 9.60. The van der Waals surface area contributed by atoms with Crippen molar-refractivity contribution >= 4 is 40.9 Å². The van der Waals surface area contributed by atoms with Crippen molar-refractivity contribution in [3.63, 3.8) is 0 Å². The van der Waals surface area contributed by atoms with E-state index >= 15 is 0 Å². The van der Waals surface area contributed by atoms with Gasteiger partial charge in [-0.2, -0.15) is 0 Å². The maximum atomic E-state index is 12.8. The molecule has 0 saturated carbocycles. The Morgan fingerprint density at radius 3 is 2.53 bits per heavy atom. The van der Waals surface area contributed by atoms with E-state index in [-0.39, 0.29) is 54.7 Å². The molecule has 0 aromatic carbocycles. The number of aliphatic carboxylic acids is 1. The molecule has 1 heterocycles. The second-order valence-electron chi connectivity index (χ2n) is 8.39. The van der Waals surface area contributed by atoms with Crippen LogP contribution in [0.5, 0.6) is 0 Å². The number of thioether (sulfide) groups is 1. The second kappa shape index (κ2) is 17.2. The molecule has 0 spiro atoms. The fourth-order valence-corrected chi connectivity index (χ4v) is 3.13. The van der Waals surface area contributed by atoms with E-state index in [2.05, 4.69) is 30.3 Å². The summed E-state index contributed by atoms with van der Waals surface area (Å²) in [5.74, 6) is -3.05. The number of nitrogens with zero attached hydrogens (tertiary/aromatic N) is 2. The van der Waals surface area contributed by atoms with E-state index in [1.54, 1.807) is 20.8 Å². The number of nitrogens with one attached hydrogen (secondary N) is 3. The van der Waals surface area contributed by atoms with Crippen molar-refractivity contribution in [2.75, 3.05) is 19.4 Å². The van der Waals surface area contributed by atoms with Gasteiger partial charge in [0.2, 0.25) is 5.91 Å². The Morgan fingerprint density at radius 2 is 1.97 bits per heavy atom. The molecule has 0 aliphatic rings. The number of imidazole rings is 1. The number of hydrogen-bond donors (Lipinski definition) is 4. The quantitative estimate of drug-likeness (QED) is 0.0708. The van der Waals surface area contributed by atoms with Gasteiger partial charge in [-0.15, -0.1) is 0 Å². The van der Waals surface area contributed by atoms with E-state index in [0.29, 0.717) is 30.3 Å². The number of aromatic nitrogens is 2. The van der Waals surface area contributed by atoms with Crippen LogP contribution in [0.2, 0.25) is 0 Å². The molecule has 13 nitrogen and oxygen atoms in total. The number of amides is 2. The first kappa shape index (κ1) is 33.7. The SMILES string of the molecule is COC(=O)SCC([O-])=NC(CCCCNC(=O)OC(C)(C)C)C(=O)NC(Cc1cnc[nH]1)C(=O)O.[Na+]. The first-order valence-electron chi connectivity index (χ1n) is 10.8. The molecule has 15 heteroatoms. The third-order valence-electron chi connectivity index (χ3n) is 4.25. The van der Waals surface area contributed by atoms with Crippen LogP contribution in [0.3, 0.4) is 0 Å². The average molecular weight is 538 g/mol. The molecule has 1 rings (SSSR count). The number of carbonyl (C=O) groups is 4. The minimum Gasteiger partial charge on any atom is -0.861 e. The van der Waals surface area contributed by atoms with Gasteiger partial charge in [0, 0.05) is 30.6 Å². The van der Waals surface area contributed by atoms with Crippen molar-refractivity contribution < 1.29 is 68.4 Å². The Kier molecular flexibility index (Phi) is 16.1. The zero-order chi connectivity index (χ0) is 26.4. The van der Waals surface area contributed by atoms with Gasteiger partial charge >= 0.3 is 46.9 Å². The van der Waals surface area contributed by atoms with E-state index in [1.807, 2.05) is 0 Å². The Morgan fingerprint density at radius 1 is 1.28 bits per heavy atom. The number of rotatable bonds is 13. The smallest absolute Gasteiger partial charge is 0.861 e. The summed E-state index contributed by atoms with van der Waals surface area (Å²) in [6.07, 6.45) is 3.18. The van der Waals surface area contributed by atoms with Crippen LogP contribution in [0.4, 0.5) is 9.59 Å².